The zero-order valence-corrected chi connectivity index (χ0v) is 17.5. The number of carboxylic acid groups (broad SMARTS) is 1. The van der Waals surface area contributed by atoms with Crippen LogP contribution in [0, 0.1) is 0 Å². The SMILES string of the molecule is O=C(O)CCN(C(=O)OCC1c2ccccc2-c2ccccc21)C1CS(=O)(=O)CC1O. The van der Waals surface area contributed by atoms with Crippen molar-refractivity contribution in [3.05, 3.63) is 59.7 Å². The number of ether oxygens (including phenoxy) is 1. The number of hydrogen-bond acceptors (Lipinski definition) is 6. The summed E-state index contributed by atoms with van der Waals surface area (Å²) in [5.41, 5.74) is 4.19. The predicted molar refractivity (Wildman–Crippen MR) is 112 cm³/mol. The van der Waals surface area contributed by atoms with Crippen molar-refractivity contribution in [3.8, 4) is 11.1 Å². The molecule has 0 aromatic heterocycles. The number of benzene rings is 2. The lowest BCUT2D eigenvalue weighted by Gasteiger charge is -2.29. The molecule has 1 amide bonds. The largest absolute Gasteiger partial charge is 0.481 e. The fraction of sp³-hybridized carbons (Fsp3) is 0.364. The van der Waals surface area contributed by atoms with Gasteiger partial charge in [-0.1, -0.05) is 48.5 Å². The summed E-state index contributed by atoms with van der Waals surface area (Å²) in [5.74, 6) is -2.20. The van der Waals surface area contributed by atoms with Gasteiger partial charge >= 0.3 is 12.1 Å². The molecule has 1 fully saturated rings. The van der Waals surface area contributed by atoms with Crippen LogP contribution in [0.4, 0.5) is 4.79 Å². The van der Waals surface area contributed by atoms with Gasteiger partial charge < -0.3 is 19.8 Å². The van der Waals surface area contributed by atoms with Crippen LogP contribution in [0.2, 0.25) is 0 Å². The second-order valence-electron chi connectivity index (χ2n) is 7.85. The van der Waals surface area contributed by atoms with Gasteiger partial charge in [0.25, 0.3) is 0 Å². The summed E-state index contributed by atoms with van der Waals surface area (Å²) in [6.45, 7) is -0.227. The van der Waals surface area contributed by atoms with Gasteiger partial charge in [0.05, 0.1) is 30.1 Å². The van der Waals surface area contributed by atoms with Crippen molar-refractivity contribution in [2.75, 3.05) is 24.7 Å². The van der Waals surface area contributed by atoms with Crippen LogP contribution in [0.1, 0.15) is 23.5 Å². The molecular formula is C22H23NO7S. The Morgan fingerprint density at radius 3 is 2.10 bits per heavy atom. The number of aliphatic hydroxyl groups excluding tert-OH is 1. The summed E-state index contributed by atoms with van der Waals surface area (Å²) < 4.78 is 29.4. The standard InChI is InChI=1S/C22H23NO7S/c24-20-13-31(28,29)12-19(20)23(10-9-21(25)26)22(27)30-11-18-16-7-3-1-5-14(16)15-6-2-4-8-17(15)18/h1-8,18-20,24H,9-13H2,(H,25,26). The number of aliphatic carboxylic acids is 1. The number of amides is 1. The lowest BCUT2D eigenvalue weighted by atomic mass is 9.98. The number of carbonyl (C=O) groups is 2. The molecular weight excluding hydrogens is 422 g/mol. The Morgan fingerprint density at radius 1 is 1.00 bits per heavy atom. The molecule has 0 bridgehead atoms. The number of fused-ring (bicyclic) bond motifs is 3. The monoisotopic (exact) mass is 445 g/mol. The van der Waals surface area contributed by atoms with E-state index in [1.807, 2.05) is 48.5 Å². The van der Waals surface area contributed by atoms with E-state index in [-0.39, 0.29) is 25.5 Å². The molecule has 0 radical (unpaired) electrons. The van der Waals surface area contributed by atoms with Crippen molar-refractivity contribution in [2.45, 2.75) is 24.5 Å². The minimum Gasteiger partial charge on any atom is -0.481 e. The van der Waals surface area contributed by atoms with Gasteiger partial charge in [0, 0.05) is 12.5 Å². The molecule has 2 unspecified atom stereocenters. The number of carboxylic acids is 1. The summed E-state index contributed by atoms with van der Waals surface area (Å²) in [6, 6.07) is 14.7. The summed E-state index contributed by atoms with van der Waals surface area (Å²) >= 11 is 0. The Morgan fingerprint density at radius 2 is 1.58 bits per heavy atom. The first-order chi connectivity index (χ1) is 14.8. The van der Waals surface area contributed by atoms with Gasteiger partial charge in [-0.05, 0) is 22.3 Å². The highest BCUT2D eigenvalue weighted by atomic mass is 32.2. The predicted octanol–water partition coefficient (Wildman–Crippen LogP) is 1.87. The van der Waals surface area contributed by atoms with Crippen molar-refractivity contribution in [1.82, 2.24) is 4.90 Å². The third-order valence-corrected chi connectivity index (χ3v) is 7.53. The topological polar surface area (TPSA) is 121 Å². The first-order valence-electron chi connectivity index (χ1n) is 9.99. The van der Waals surface area contributed by atoms with Gasteiger partial charge in [0.15, 0.2) is 9.84 Å². The Hall–Kier alpha value is -2.91. The second-order valence-corrected chi connectivity index (χ2v) is 10.0. The molecule has 4 rings (SSSR count). The Balaban J connectivity index is 1.53. The molecule has 1 aliphatic carbocycles. The molecule has 1 aliphatic heterocycles. The van der Waals surface area contributed by atoms with Gasteiger partial charge in [0.2, 0.25) is 0 Å². The Bertz CT molecular complexity index is 1070. The zero-order valence-electron chi connectivity index (χ0n) is 16.7. The molecule has 0 saturated carbocycles. The fourth-order valence-electron chi connectivity index (χ4n) is 4.39. The van der Waals surface area contributed by atoms with Gasteiger partial charge in [-0.3, -0.25) is 4.79 Å². The first-order valence-corrected chi connectivity index (χ1v) is 11.8. The van der Waals surface area contributed by atoms with Gasteiger partial charge in [-0.15, -0.1) is 0 Å². The lowest BCUT2D eigenvalue weighted by Crippen LogP contribution is -2.48. The molecule has 164 valence electrons. The van der Waals surface area contributed by atoms with Crippen molar-refractivity contribution < 1.29 is 33.0 Å². The van der Waals surface area contributed by atoms with Crippen molar-refractivity contribution in [3.63, 3.8) is 0 Å². The highest BCUT2D eigenvalue weighted by Crippen LogP contribution is 2.44. The van der Waals surface area contributed by atoms with Crippen LogP contribution in [0.5, 0.6) is 0 Å². The van der Waals surface area contributed by atoms with Crippen LogP contribution in [0.3, 0.4) is 0 Å². The lowest BCUT2D eigenvalue weighted by molar-refractivity contribution is -0.137. The summed E-state index contributed by atoms with van der Waals surface area (Å²) in [5, 5.41) is 19.2. The fourth-order valence-corrected chi connectivity index (χ4v) is 6.19. The van der Waals surface area contributed by atoms with Gasteiger partial charge in [0.1, 0.15) is 6.61 Å². The molecule has 2 aliphatic rings. The number of hydrogen-bond donors (Lipinski definition) is 2. The van der Waals surface area contributed by atoms with Crippen molar-refractivity contribution in [1.29, 1.82) is 0 Å². The Labute approximate surface area is 180 Å². The highest BCUT2D eigenvalue weighted by molar-refractivity contribution is 7.91. The molecule has 2 aromatic carbocycles. The zero-order chi connectivity index (χ0) is 22.2. The number of sulfone groups is 1. The summed E-state index contributed by atoms with van der Waals surface area (Å²) in [6.07, 6.45) is -2.49. The molecule has 2 aromatic rings. The first kappa shape index (κ1) is 21.3. The quantitative estimate of drug-likeness (QED) is 0.696. The van der Waals surface area contributed by atoms with Crippen LogP contribution in [0.25, 0.3) is 11.1 Å². The Kier molecular flexibility index (Phi) is 5.72. The maximum Gasteiger partial charge on any atom is 0.410 e. The average molecular weight is 445 g/mol. The number of aliphatic hydroxyl groups is 1. The number of rotatable bonds is 6. The van der Waals surface area contributed by atoms with Crippen molar-refractivity contribution in [2.24, 2.45) is 0 Å². The van der Waals surface area contributed by atoms with Crippen LogP contribution >= 0.6 is 0 Å². The third-order valence-electron chi connectivity index (χ3n) is 5.83. The molecule has 31 heavy (non-hydrogen) atoms. The number of nitrogens with zero attached hydrogens (tertiary/aromatic N) is 1. The van der Waals surface area contributed by atoms with E-state index in [1.165, 1.54) is 0 Å². The normalized spacial score (nSPS) is 21.3. The van der Waals surface area contributed by atoms with E-state index in [0.29, 0.717) is 0 Å². The van der Waals surface area contributed by atoms with E-state index in [2.05, 4.69) is 0 Å². The van der Waals surface area contributed by atoms with E-state index in [1.54, 1.807) is 0 Å². The maximum atomic E-state index is 12.9. The van der Waals surface area contributed by atoms with Crippen LogP contribution in [0.15, 0.2) is 48.5 Å². The molecule has 0 spiro atoms. The third kappa shape index (κ3) is 4.28. The number of carbonyl (C=O) groups excluding carboxylic acids is 1. The summed E-state index contributed by atoms with van der Waals surface area (Å²) in [7, 11) is -3.52. The van der Waals surface area contributed by atoms with Gasteiger partial charge in [-0.2, -0.15) is 0 Å². The van der Waals surface area contributed by atoms with E-state index in [0.717, 1.165) is 27.2 Å². The van der Waals surface area contributed by atoms with E-state index < -0.39 is 45.6 Å². The van der Waals surface area contributed by atoms with Gasteiger partial charge in [-0.25, -0.2) is 13.2 Å². The van der Waals surface area contributed by atoms with Crippen LogP contribution in [-0.2, 0) is 19.4 Å². The highest BCUT2D eigenvalue weighted by Gasteiger charge is 2.42. The van der Waals surface area contributed by atoms with Crippen molar-refractivity contribution >= 4 is 21.9 Å². The minimum atomic E-state index is -3.52. The average Bonchev–Trinajstić information content (AvgIpc) is 3.19. The molecule has 8 nitrogen and oxygen atoms in total. The second kappa shape index (κ2) is 8.32. The minimum absolute atomic E-state index is 0.0198. The molecule has 1 saturated heterocycles. The van der Waals surface area contributed by atoms with Crippen LogP contribution < -0.4 is 0 Å². The molecule has 9 heteroatoms. The maximum absolute atomic E-state index is 12.9. The molecule has 2 atom stereocenters. The van der Waals surface area contributed by atoms with Crippen LogP contribution in [-0.4, -0.2) is 72.4 Å². The molecule has 2 N–H and O–H groups in total. The summed E-state index contributed by atoms with van der Waals surface area (Å²) in [4.78, 5) is 25.0. The van der Waals surface area contributed by atoms with E-state index >= 15 is 0 Å². The smallest absolute Gasteiger partial charge is 0.410 e. The van der Waals surface area contributed by atoms with E-state index in [4.69, 9.17) is 9.84 Å². The molecule has 1 heterocycles. The van der Waals surface area contributed by atoms with E-state index in [9.17, 15) is 23.1 Å².